The number of rotatable bonds is 1. The van der Waals surface area contributed by atoms with Crippen LogP contribution in [0.3, 0.4) is 0 Å². The van der Waals surface area contributed by atoms with Gasteiger partial charge in [-0.1, -0.05) is 0 Å². The Morgan fingerprint density at radius 3 is 1.71 bits per heavy atom. The van der Waals surface area contributed by atoms with Gasteiger partial charge >= 0.3 is 21.2 Å². The van der Waals surface area contributed by atoms with Gasteiger partial charge in [0, 0.05) is 10.9 Å². The van der Waals surface area contributed by atoms with Crippen molar-refractivity contribution in [2.24, 2.45) is 0 Å². The zero-order valence-corrected chi connectivity index (χ0v) is 7.52. The van der Waals surface area contributed by atoms with Crippen molar-refractivity contribution in [1.29, 1.82) is 0 Å². The Morgan fingerprint density at radius 2 is 1.71 bits per heavy atom. The van der Waals surface area contributed by atoms with Crippen LogP contribution >= 0.6 is 22.9 Å². The molecule has 0 saturated carbocycles. The minimum absolute atomic E-state index is 1.51. The van der Waals surface area contributed by atoms with E-state index < -0.39 is 10.9 Å². The van der Waals surface area contributed by atoms with Crippen molar-refractivity contribution in [2.75, 3.05) is 0 Å². The minimum atomic E-state index is -2.09. The zero-order chi connectivity index (χ0) is 6.28. The van der Waals surface area contributed by atoms with Gasteiger partial charge in [-0.2, -0.15) is 0 Å². The summed E-state index contributed by atoms with van der Waals surface area (Å²) in [5.74, 6) is 0. The Hall–Kier alpha value is 1.04. The third kappa shape index (κ3) is 19.3. The summed E-state index contributed by atoms with van der Waals surface area (Å²) in [7, 11) is -2.09. The quantitative estimate of drug-likeness (QED) is 0.300. The second-order valence-electron chi connectivity index (χ2n) is 0.312. The maximum absolute atomic E-state index is 9.25. The first-order chi connectivity index (χ1) is 3.27. The van der Waals surface area contributed by atoms with Gasteiger partial charge in [0.15, 0.2) is 0 Å². The fourth-order valence-corrected chi connectivity index (χ4v) is 0. The predicted molar refractivity (Wildman–Crippen MR) is 38.8 cm³/mol. The Kier molecular flexibility index (Phi) is 15.8. The normalized spacial score (nSPS) is 7.00. The molecule has 0 aromatic heterocycles. The van der Waals surface area contributed by atoms with Crippen LogP contribution < -0.4 is 2.94 Å². The predicted octanol–water partition coefficient (Wildman–Crippen LogP) is -0.263. The monoisotopic (exact) mass is 247 g/mol. The summed E-state index contributed by atoms with van der Waals surface area (Å²) in [4.78, 5) is 0. The molecular formula is CH3AlINO2S-. The molecule has 7 heavy (non-hydrogen) atoms. The van der Waals surface area contributed by atoms with Gasteiger partial charge < -0.3 is 8.42 Å². The van der Waals surface area contributed by atoms with Crippen LogP contribution in [0, 0.1) is 0 Å². The van der Waals surface area contributed by atoms with E-state index in [0.29, 0.717) is 0 Å². The van der Waals surface area contributed by atoms with Gasteiger partial charge in [0.25, 0.3) is 0 Å². The summed E-state index contributed by atoms with van der Waals surface area (Å²) in [5.41, 5.74) is 0. The van der Waals surface area contributed by atoms with Crippen molar-refractivity contribution in [3.8, 4) is 0 Å². The fourth-order valence-electron chi connectivity index (χ4n) is 0. The molecule has 41 valence electrons. The van der Waals surface area contributed by atoms with Crippen LogP contribution in [0.15, 0.2) is 0 Å². The van der Waals surface area contributed by atoms with E-state index in [4.69, 9.17) is 0 Å². The van der Waals surface area contributed by atoms with Gasteiger partial charge in [0.2, 0.25) is 0 Å². The fraction of sp³-hybridized carbons (Fsp3) is 0. The molecule has 1 N–H and O–H groups in total. The van der Waals surface area contributed by atoms with E-state index in [-0.39, 0.29) is 0 Å². The number of hydrogen-bond donors (Lipinski definition) is 1. The summed E-state index contributed by atoms with van der Waals surface area (Å²) in [5, 5.41) is 3.17. The third-order valence-electron chi connectivity index (χ3n) is 0.0630. The van der Waals surface area contributed by atoms with Crippen LogP contribution in [0.5, 0.6) is 0 Å². The van der Waals surface area contributed by atoms with Crippen LogP contribution in [-0.4, -0.2) is 21.2 Å². The molecule has 0 bridgehead atoms. The molecular weight excluding hydrogens is 244 g/mol. The molecule has 0 heterocycles. The molecule has 0 atom stereocenters. The van der Waals surface area contributed by atoms with Crippen molar-refractivity contribution in [3.63, 3.8) is 0 Å². The van der Waals surface area contributed by atoms with Crippen molar-refractivity contribution in [2.45, 2.75) is 0 Å². The number of nitrogens with one attached hydrogen (secondary N) is 1. The van der Waals surface area contributed by atoms with E-state index in [1.807, 2.05) is 2.94 Å². The van der Waals surface area contributed by atoms with Crippen LogP contribution in [0.4, 0.5) is 0 Å². The summed E-state index contributed by atoms with van der Waals surface area (Å²) in [6, 6.07) is 0. The van der Waals surface area contributed by atoms with E-state index in [9.17, 15) is 8.42 Å². The SMILES string of the molecule is O=[S-](=O)NI.[CH2]=[Al]. The molecule has 0 rings (SSSR count). The van der Waals surface area contributed by atoms with Crippen LogP contribution in [0.25, 0.3) is 0 Å². The second-order valence-corrected chi connectivity index (χ2v) is 2.26. The van der Waals surface area contributed by atoms with Crippen molar-refractivity contribution in [1.82, 2.24) is 2.94 Å². The molecule has 0 spiro atoms. The number of hydrogen-bond acceptors (Lipinski definition) is 3. The van der Waals surface area contributed by atoms with Gasteiger partial charge in [0.05, 0.1) is 0 Å². The van der Waals surface area contributed by atoms with Crippen LogP contribution in [0.1, 0.15) is 0 Å². The van der Waals surface area contributed by atoms with Gasteiger partial charge in [-0.15, -0.1) is 0 Å². The molecule has 0 saturated heterocycles. The average molecular weight is 247 g/mol. The van der Waals surface area contributed by atoms with Crippen molar-refractivity contribution < 1.29 is 8.42 Å². The molecule has 0 unspecified atom stereocenters. The maximum atomic E-state index is 9.25. The van der Waals surface area contributed by atoms with E-state index in [0.717, 1.165) is 0 Å². The summed E-state index contributed by atoms with van der Waals surface area (Å²) in [6.45, 7) is 0. The third-order valence-corrected chi connectivity index (χ3v) is 1.27. The molecule has 0 aromatic rings. The van der Waals surface area contributed by atoms with Crippen LogP contribution in [0.2, 0.25) is 0 Å². The first kappa shape index (κ1) is 10.9. The van der Waals surface area contributed by atoms with E-state index in [2.05, 4.69) is 21.2 Å². The summed E-state index contributed by atoms with van der Waals surface area (Å²) >= 11 is 3.68. The Morgan fingerprint density at radius 1 is 1.57 bits per heavy atom. The molecule has 0 aliphatic heterocycles. The first-order valence-electron chi connectivity index (χ1n) is 1.13. The molecule has 0 fully saturated rings. The topological polar surface area (TPSA) is 46.2 Å². The van der Waals surface area contributed by atoms with Crippen LogP contribution in [-0.2, 0) is 19.3 Å². The molecule has 6 heteroatoms. The summed E-state index contributed by atoms with van der Waals surface area (Å²) in [6.07, 6.45) is 0. The molecule has 0 amide bonds. The van der Waals surface area contributed by atoms with Gasteiger partial charge in [0.1, 0.15) is 0 Å². The van der Waals surface area contributed by atoms with Crippen molar-refractivity contribution >= 4 is 55.0 Å². The van der Waals surface area contributed by atoms with E-state index in [1.54, 1.807) is 0 Å². The number of halogens is 1. The van der Waals surface area contributed by atoms with Gasteiger partial charge in [-0.3, -0.25) is 2.94 Å². The standard InChI is InChI=1S/CH2.Al.HINO2S/c;;1-2-5(3)4/h1H2;;(H,2,3,4)/q;;-1. The van der Waals surface area contributed by atoms with Gasteiger partial charge in [-0.25, -0.2) is 0 Å². The van der Waals surface area contributed by atoms with Gasteiger partial charge in [-0.05, 0) is 22.9 Å². The Bertz CT molecular complexity index is 85.7. The van der Waals surface area contributed by atoms with E-state index in [1.165, 1.54) is 22.9 Å². The summed E-state index contributed by atoms with van der Waals surface area (Å²) < 4.78 is 20.4. The Labute approximate surface area is 66.0 Å². The van der Waals surface area contributed by atoms with E-state index >= 15 is 0 Å². The molecule has 0 aliphatic carbocycles. The average Bonchev–Trinajstić information content (AvgIpc) is 1.73. The second kappa shape index (κ2) is 10.1. The molecule has 3 nitrogen and oxygen atoms in total. The zero-order valence-electron chi connectivity index (χ0n) is 3.39. The molecule has 0 aromatic carbocycles. The molecule has 1 radical (unpaired) electrons. The molecule has 0 aliphatic rings. The first-order valence-corrected chi connectivity index (χ1v) is 4.10. The van der Waals surface area contributed by atoms with Crippen molar-refractivity contribution in [3.05, 3.63) is 0 Å². The Balaban J connectivity index is 0.